The first-order valence-corrected chi connectivity index (χ1v) is 7.07. The van der Waals surface area contributed by atoms with Gasteiger partial charge in [0.15, 0.2) is 0 Å². The van der Waals surface area contributed by atoms with Gasteiger partial charge in [0.1, 0.15) is 0 Å². The number of nitrogens with one attached hydrogen (secondary N) is 1. The van der Waals surface area contributed by atoms with Gasteiger partial charge in [0.2, 0.25) is 0 Å². The van der Waals surface area contributed by atoms with Gasteiger partial charge in [0, 0.05) is 11.8 Å². The third-order valence-electron chi connectivity index (χ3n) is 3.96. The maximum Gasteiger partial charge on any atom is 0.0672 e. The smallest absolute Gasteiger partial charge is 0.0672 e. The van der Waals surface area contributed by atoms with Gasteiger partial charge in [0.25, 0.3) is 0 Å². The van der Waals surface area contributed by atoms with E-state index in [1.165, 1.54) is 29.5 Å². The van der Waals surface area contributed by atoms with E-state index in [2.05, 4.69) is 54.3 Å². The fourth-order valence-electron chi connectivity index (χ4n) is 2.76. The van der Waals surface area contributed by atoms with Crippen LogP contribution in [0.15, 0.2) is 30.5 Å². The fraction of sp³-hybridized carbons (Fsp3) is 0.438. The van der Waals surface area contributed by atoms with E-state index in [0.29, 0.717) is 6.04 Å². The summed E-state index contributed by atoms with van der Waals surface area (Å²) in [7, 11) is 0. The third-order valence-corrected chi connectivity index (χ3v) is 3.96. The van der Waals surface area contributed by atoms with Crippen molar-refractivity contribution in [2.75, 3.05) is 13.1 Å². The second-order valence-electron chi connectivity index (χ2n) is 5.46. The van der Waals surface area contributed by atoms with Gasteiger partial charge in [0.05, 0.1) is 11.7 Å². The molecule has 1 aromatic carbocycles. The SMILES string of the molecule is Cc1ccc(-c2cn(C3CCNCC3)nc2C)cc1. The molecule has 2 heterocycles. The maximum absolute atomic E-state index is 4.72. The predicted octanol–water partition coefficient (Wildman–Crippen LogP) is 3.09. The molecule has 100 valence electrons. The lowest BCUT2D eigenvalue weighted by Crippen LogP contribution is -2.29. The molecular weight excluding hydrogens is 234 g/mol. The minimum atomic E-state index is 0.555. The van der Waals surface area contributed by atoms with E-state index >= 15 is 0 Å². The van der Waals surface area contributed by atoms with Crippen LogP contribution >= 0.6 is 0 Å². The van der Waals surface area contributed by atoms with Crippen molar-refractivity contribution in [3.63, 3.8) is 0 Å². The Labute approximate surface area is 114 Å². The summed E-state index contributed by atoms with van der Waals surface area (Å²) in [5, 5.41) is 8.12. The molecule has 0 spiro atoms. The first-order chi connectivity index (χ1) is 9.24. The molecule has 19 heavy (non-hydrogen) atoms. The normalized spacial score (nSPS) is 16.7. The minimum Gasteiger partial charge on any atom is -0.317 e. The molecule has 1 aliphatic heterocycles. The molecule has 1 aliphatic rings. The maximum atomic E-state index is 4.72. The second-order valence-corrected chi connectivity index (χ2v) is 5.46. The molecule has 0 bridgehead atoms. The standard InChI is InChI=1S/C16H21N3/c1-12-3-5-14(6-4-12)16-11-19(18-13(16)2)15-7-9-17-10-8-15/h3-6,11,15,17H,7-10H2,1-2H3. The molecule has 0 atom stereocenters. The van der Waals surface area contributed by atoms with Crippen molar-refractivity contribution in [3.05, 3.63) is 41.7 Å². The zero-order valence-corrected chi connectivity index (χ0v) is 11.7. The fourth-order valence-corrected chi connectivity index (χ4v) is 2.76. The van der Waals surface area contributed by atoms with Gasteiger partial charge >= 0.3 is 0 Å². The second kappa shape index (κ2) is 5.17. The molecule has 3 heteroatoms. The van der Waals surface area contributed by atoms with Crippen LogP contribution < -0.4 is 5.32 Å². The van der Waals surface area contributed by atoms with Gasteiger partial charge in [-0.3, -0.25) is 4.68 Å². The molecular formula is C16H21N3. The molecule has 0 unspecified atom stereocenters. The summed E-state index contributed by atoms with van der Waals surface area (Å²) in [5.41, 5.74) is 4.95. The molecule has 0 amide bonds. The lowest BCUT2D eigenvalue weighted by molar-refractivity contribution is 0.342. The molecule has 0 aliphatic carbocycles. The van der Waals surface area contributed by atoms with Crippen LogP contribution in [-0.2, 0) is 0 Å². The van der Waals surface area contributed by atoms with Crippen molar-refractivity contribution >= 4 is 0 Å². The Bertz CT molecular complexity index is 548. The summed E-state index contributed by atoms with van der Waals surface area (Å²) in [6.45, 7) is 6.43. The summed E-state index contributed by atoms with van der Waals surface area (Å²) in [5.74, 6) is 0. The molecule has 1 aromatic heterocycles. The van der Waals surface area contributed by atoms with E-state index in [-0.39, 0.29) is 0 Å². The predicted molar refractivity (Wildman–Crippen MR) is 78.3 cm³/mol. The summed E-state index contributed by atoms with van der Waals surface area (Å²) in [4.78, 5) is 0. The number of aromatic nitrogens is 2. The highest BCUT2D eigenvalue weighted by Gasteiger charge is 2.17. The zero-order chi connectivity index (χ0) is 13.2. The topological polar surface area (TPSA) is 29.9 Å². The monoisotopic (exact) mass is 255 g/mol. The summed E-state index contributed by atoms with van der Waals surface area (Å²) < 4.78 is 2.17. The van der Waals surface area contributed by atoms with E-state index in [9.17, 15) is 0 Å². The van der Waals surface area contributed by atoms with Crippen LogP contribution in [-0.4, -0.2) is 22.9 Å². The van der Waals surface area contributed by atoms with Gasteiger partial charge in [-0.05, 0) is 45.3 Å². The Morgan fingerprint density at radius 3 is 2.47 bits per heavy atom. The van der Waals surface area contributed by atoms with Crippen LogP contribution in [0.25, 0.3) is 11.1 Å². The first-order valence-electron chi connectivity index (χ1n) is 7.07. The molecule has 1 saturated heterocycles. The van der Waals surface area contributed by atoms with E-state index in [4.69, 9.17) is 5.10 Å². The van der Waals surface area contributed by atoms with Gasteiger partial charge in [-0.2, -0.15) is 5.10 Å². The first kappa shape index (κ1) is 12.4. The number of nitrogens with zero attached hydrogens (tertiary/aromatic N) is 2. The molecule has 3 nitrogen and oxygen atoms in total. The average molecular weight is 255 g/mol. The van der Waals surface area contributed by atoms with E-state index in [1.807, 2.05) is 0 Å². The Kier molecular flexibility index (Phi) is 3.38. The van der Waals surface area contributed by atoms with Crippen LogP contribution in [0.4, 0.5) is 0 Å². The van der Waals surface area contributed by atoms with Gasteiger partial charge in [-0.15, -0.1) is 0 Å². The van der Waals surface area contributed by atoms with Crippen LogP contribution in [0, 0.1) is 13.8 Å². The molecule has 3 rings (SSSR count). The molecule has 0 saturated carbocycles. The molecule has 0 radical (unpaired) electrons. The summed E-state index contributed by atoms with van der Waals surface area (Å²) >= 11 is 0. The van der Waals surface area contributed by atoms with Gasteiger partial charge in [-0.25, -0.2) is 0 Å². The van der Waals surface area contributed by atoms with Crippen LogP contribution in [0.2, 0.25) is 0 Å². The highest BCUT2D eigenvalue weighted by Crippen LogP contribution is 2.26. The number of rotatable bonds is 2. The molecule has 1 N–H and O–H groups in total. The Morgan fingerprint density at radius 1 is 1.11 bits per heavy atom. The van der Waals surface area contributed by atoms with Crippen molar-refractivity contribution < 1.29 is 0 Å². The number of aryl methyl sites for hydroxylation is 2. The van der Waals surface area contributed by atoms with Crippen molar-refractivity contribution in [2.24, 2.45) is 0 Å². The van der Waals surface area contributed by atoms with Crippen molar-refractivity contribution in [1.29, 1.82) is 0 Å². The third kappa shape index (κ3) is 2.56. The Morgan fingerprint density at radius 2 is 1.79 bits per heavy atom. The number of hydrogen-bond donors (Lipinski definition) is 1. The van der Waals surface area contributed by atoms with Crippen LogP contribution in [0.5, 0.6) is 0 Å². The van der Waals surface area contributed by atoms with Crippen molar-refractivity contribution in [3.8, 4) is 11.1 Å². The highest BCUT2D eigenvalue weighted by molar-refractivity contribution is 5.65. The van der Waals surface area contributed by atoms with Crippen molar-refractivity contribution in [1.82, 2.24) is 15.1 Å². The number of hydrogen-bond acceptors (Lipinski definition) is 2. The minimum absolute atomic E-state index is 0.555. The van der Waals surface area contributed by atoms with Crippen molar-refractivity contribution in [2.45, 2.75) is 32.7 Å². The van der Waals surface area contributed by atoms with Crippen LogP contribution in [0.1, 0.15) is 30.1 Å². The number of benzene rings is 1. The Balaban J connectivity index is 1.90. The largest absolute Gasteiger partial charge is 0.317 e. The highest BCUT2D eigenvalue weighted by atomic mass is 15.3. The van der Waals surface area contributed by atoms with E-state index < -0.39 is 0 Å². The summed E-state index contributed by atoms with van der Waals surface area (Å²) in [6, 6.07) is 9.25. The van der Waals surface area contributed by atoms with Gasteiger partial charge < -0.3 is 5.32 Å². The lowest BCUT2D eigenvalue weighted by atomic mass is 10.0. The molecule has 2 aromatic rings. The van der Waals surface area contributed by atoms with E-state index in [1.54, 1.807) is 0 Å². The van der Waals surface area contributed by atoms with Gasteiger partial charge in [-0.1, -0.05) is 29.8 Å². The average Bonchev–Trinajstić information content (AvgIpc) is 2.83. The quantitative estimate of drug-likeness (QED) is 0.893. The zero-order valence-electron chi connectivity index (χ0n) is 11.7. The van der Waals surface area contributed by atoms with E-state index in [0.717, 1.165) is 18.8 Å². The van der Waals surface area contributed by atoms with Crippen LogP contribution in [0.3, 0.4) is 0 Å². The molecule has 1 fully saturated rings. The summed E-state index contributed by atoms with van der Waals surface area (Å²) in [6.07, 6.45) is 4.57. The lowest BCUT2D eigenvalue weighted by Gasteiger charge is -2.22. The Hall–Kier alpha value is -1.61. The number of piperidine rings is 1.